The zero-order chi connectivity index (χ0) is 29.4. The van der Waals surface area contributed by atoms with E-state index in [2.05, 4.69) is 20.9 Å². The first kappa shape index (κ1) is 27.7. The molecular formula is C31H32N6O4S. The first-order chi connectivity index (χ1) is 20.3. The fourth-order valence-corrected chi connectivity index (χ4v) is 6.63. The fourth-order valence-electron chi connectivity index (χ4n) is 5.61. The molecule has 2 aliphatic rings. The number of aryl methyl sites for hydroxylation is 1. The first-order valence-corrected chi connectivity index (χ1v) is 14.7. The van der Waals surface area contributed by atoms with Crippen molar-refractivity contribution >= 4 is 56.5 Å². The summed E-state index contributed by atoms with van der Waals surface area (Å²) in [7, 11) is 3.71. The van der Waals surface area contributed by atoms with Gasteiger partial charge < -0.3 is 25.6 Å². The highest BCUT2D eigenvalue weighted by Gasteiger charge is 2.34. The third-order valence-electron chi connectivity index (χ3n) is 7.43. The molecule has 0 spiro atoms. The van der Waals surface area contributed by atoms with Gasteiger partial charge >= 0.3 is 6.03 Å². The van der Waals surface area contributed by atoms with E-state index in [9.17, 15) is 14.4 Å². The number of amides is 4. The Kier molecular flexibility index (Phi) is 7.53. The van der Waals surface area contributed by atoms with Crippen LogP contribution in [0.1, 0.15) is 34.5 Å². The lowest BCUT2D eigenvalue weighted by atomic mass is 10.1. The number of hydrogen-bond donors (Lipinski definition) is 3. The number of carbonyl (C=O) groups is 3. The minimum absolute atomic E-state index is 0.0228. The van der Waals surface area contributed by atoms with E-state index in [0.29, 0.717) is 45.5 Å². The van der Waals surface area contributed by atoms with Gasteiger partial charge in [0.25, 0.3) is 5.91 Å². The molecule has 1 aliphatic carbocycles. The van der Waals surface area contributed by atoms with Gasteiger partial charge in [-0.15, -0.1) is 11.3 Å². The third kappa shape index (κ3) is 5.53. The number of carbonyl (C=O) groups excluding carboxylic acids is 3. The standard InChI is InChI=1S/C31H32N6O4S/c1-18-15-22(41-21-7-5-4-6-8-21)11-12-23(18)37-24-13-14-32-30-26(24)27(35-31(37)40)28(42-30)29(39)34-20-10-9-19(16-20)33-25(38)17-36(2)3/h4-8,11-15,19-20H,9-10,16-17H2,1-3H3,(H,33,38)(H,34,39)(H,35,40)/t19-,20-/m1/s1. The number of nitrogens with zero attached hydrogens (tertiary/aromatic N) is 3. The van der Waals surface area contributed by atoms with Crippen LogP contribution >= 0.6 is 11.3 Å². The maximum atomic E-state index is 13.6. The zero-order valence-electron chi connectivity index (χ0n) is 23.6. The predicted molar refractivity (Wildman–Crippen MR) is 164 cm³/mol. The number of benzene rings is 2. The fraction of sp³-hybridized carbons (Fsp3) is 0.290. The van der Waals surface area contributed by atoms with Gasteiger partial charge in [-0.3, -0.25) is 14.5 Å². The van der Waals surface area contributed by atoms with Crippen molar-refractivity contribution in [2.24, 2.45) is 0 Å². The number of ether oxygens (including phenoxy) is 1. The number of thiophene rings is 1. The lowest BCUT2D eigenvalue weighted by molar-refractivity contribution is -0.122. The summed E-state index contributed by atoms with van der Waals surface area (Å²) in [6.07, 6.45) is 3.89. The molecule has 3 N–H and O–H groups in total. The van der Waals surface area contributed by atoms with E-state index in [0.717, 1.165) is 29.5 Å². The smallest absolute Gasteiger partial charge is 0.331 e. The van der Waals surface area contributed by atoms with Crippen LogP contribution in [0.3, 0.4) is 0 Å². The highest BCUT2D eigenvalue weighted by atomic mass is 32.1. The van der Waals surface area contributed by atoms with Gasteiger partial charge in [0, 0.05) is 18.3 Å². The van der Waals surface area contributed by atoms with E-state index < -0.39 is 0 Å². The average Bonchev–Trinajstić information content (AvgIpc) is 3.54. The predicted octanol–water partition coefficient (Wildman–Crippen LogP) is 5.41. The lowest BCUT2D eigenvalue weighted by Crippen LogP contribution is -2.40. The molecule has 1 fully saturated rings. The van der Waals surface area contributed by atoms with E-state index in [1.807, 2.05) is 74.4 Å². The van der Waals surface area contributed by atoms with Crippen molar-refractivity contribution in [2.75, 3.05) is 30.9 Å². The Balaban J connectivity index is 1.22. The summed E-state index contributed by atoms with van der Waals surface area (Å²) >= 11 is 1.26. The maximum Gasteiger partial charge on any atom is 0.331 e. The molecule has 11 heteroatoms. The normalized spacial score (nSPS) is 17.8. The van der Waals surface area contributed by atoms with Crippen molar-refractivity contribution < 1.29 is 19.1 Å². The van der Waals surface area contributed by atoms with Crippen LogP contribution in [0.2, 0.25) is 0 Å². The summed E-state index contributed by atoms with van der Waals surface area (Å²) in [4.78, 5) is 48.2. The molecule has 216 valence electrons. The second-order valence-electron chi connectivity index (χ2n) is 10.9. The number of likely N-dealkylation sites (N-methyl/N-ethyl adjacent to an activating group) is 1. The summed E-state index contributed by atoms with van der Waals surface area (Å²) < 4.78 is 5.97. The Bertz CT molecular complexity index is 1670. The highest BCUT2D eigenvalue weighted by Crippen LogP contribution is 2.46. The number of hydrogen-bond acceptors (Lipinski definition) is 7. The molecule has 0 radical (unpaired) electrons. The summed E-state index contributed by atoms with van der Waals surface area (Å²) in [5, 5.41) is 9.86. The Labute approximate surface area is 247 Å². The summed E-state index contributed by atoms with van der Waals surface area (Å²) in [6.45, 7) is 2.26. The molecule has 1 saturated carbocycles. The Morgan fingerprint density at radius 3 is 2.55 bits per heavy atom. The second-order valence-corrected chi connectivity index (χ2v) is 11.9. The molecule has 4 amide bonds. The molecule has 0 saturated heterocycles. The van der Waals surface area contributed by atoms with Gasteiger partial charge in [-0.2, -0.15) is 0 Å². The molecule has 1 aliphatic heterocycles. The second kappa shape index (κ2) is 11.4. The van der Waals surface area contributed by atoms with Gasteiger partial charge in [-0.1, -0.05) is 18.2 Å². The van der Waals surface area contributed by atoms with E-state index in [1.54, 1.807) is 17.2 Å². The van der Waals surface area contributed by atoms with Crippen LogP contribution in [0.4, 0.5) is 21.9 Å². The van der Waals surface area contributed by atoms with E-state index in [1.165, 1.54) is 11.3 Å². The molecule has 6 rings (SSSR count). The summed E-state index contributed by atoms with van der Waals surface area (Å²) in [5.74, 6) is 1.12. The minimum atomic E-state index is -0.355. The molecule has 3 heterocycles. The highest BCUT2D eigenvalue weighted by molar-refractivity contribution is 7.21. The van der Waals surface area contributed by atoms with Gasteiger partial charge in [0.15, 0.2) is 0 Å². The number of pyridine rings is 1. The molecule has 0 unspecified atom stereocenters. The van der Waals surface area contributed by atoms with Gasteiger partial charge in [0.1, 0.15) is 21.2 Å². The quantitative estimate of drug-likeness (QED) is 0.255. The largest absolute Gasteiger partial charge is 0.457 e. The Morgan fingerprint density at radius 1 is 1.05 bits per heavy atom. The number of aromatic nitrogens is 1. The summed E-state index contributed by atoms with van der Waals surface area (Å²) in [6, 6.07) is 16.5. The average molecular weight is 585 g/mol. The number of anilines is 3. The Hall–Kier alpha value is -4.48. The van der Waals surface area contributed by atoms with Crippen LogP contribution < -0.4 is 25.6 Å². The van der Waals surface area contributed by atoms with Crippen LogP contribution in [-0.2, 0) is 4.79 Å². The monoisotopic (exact) mass is 584 g/mol. The molecule has 2 atom stereocenters. The van der Waals surface area contributed by atoms with Gasteiger partial charge in [0.2, 0.25) is 5.91 Å². The van der Waals surface area contributed by atoms with Crippen molar-refractivity contribution in [3.05, 3.63) is 71.2 Å². The topological polar surface area (TPSA) is 116 Å². The first-order valence-electron chi connectivity index (χ1n) is 13.9. The molecule has 42 heavy (non-hydrogen) atoms. The van der Waals surface area contributed by atoms with Gasteiger partial charge in [-0.25, -0.2) is 9.78 Å². The van der Waals surface area contributed by atoms with Gasteiger partial charge in [0.05, 0.1) is 29.0 Å². The molecule has 2 aromatic carbocycles. The summed E-state index contributed by atoms with van der Waals surface area (Å²) in [5.41, 5.74) is 2.70. The van der Waals surface area contributed by atoms with Crippen LogP contribution in [0.15, 0.2) is 60.8 Å². The van der Waals surface area contributed by atoms with Crippen molar-refractivity contribution in [3.63, 3.8) is 0 Å². The molecule has 10 nitrogen and oxygen atoms in total. The van der Waals surface area contributed by atoms with E-state index in [4.69, 9.17) is 4.74 Å². The lowest BCUT2D eigenvalue weighted by Gasteiger charge is -2.29. The maximum absolute atomic E-state index is 13.6. The van der Waals surface area contributed by atoms with Crippen molar-refractivity contribution in [1.29, 1.82) is 0 Å². The van der Waals surface area contributed by atoms with E-state index in [-0.39, 0.29) is 29.9 Å². The third-order valence-corrected chi connectivity index (χ3v) is 8.53. The van der Waals surface area contributed by atoms with Crippen molar-refractivity contribution in [1.82, 2.24) is 20.5 Å². The number of nitrogens with one attached hydrogen (secondary N) is 3. The SMILES string of the molecule is Cc1cc(Oc2ccccc2)ccc1N1C(=O)Nc2c(C(=O)N[C@@H]3CC[C@@H](NC(=O)CN(C)C)C3)sc3nccc1c23. The molecule has 0 bridgehead atoms. The minimum Gasteiger partial charge on any atom is -0.457 e. The van der Waals surface area contributed by atoms with Crippen LogP contribution in [0.25, 0.3) is 10.2 Å². The van der Waals surface area contributed by atoms with Crippen LogP contribution in [-0.4, -0.2) is 60.5 Å². The van der Waals surface area contributed by atoms with Crippen molar-refractivity contribution in [3.8, 4) is 11.5 Å². The Morgan fingerprint density at radius 2 is 1.81 bits per heavy atom. The van der Waals surface area contributed by atoms with E-state index >= 15 is 0 Å². The molecular weight excluding hydrogens is 552 g/mol. The van der Waals surface area contributed by atoms with Crippen LogP contribution in [0, 0.1) is 6.92 Å². The number of urea groups is 1. The van der Waals surface area contributed by atoms with Crippen molar-refractivity contribution in [2.45, 2.75) is 38.3 Å². The van der Waals surface area contributed by atoms with Crippen LogP contribution in [0.5, 0.6) is 11.5 Å². The molecule has 4 aromatic rings. The number of para-hydroxylation sites is 1. The number of rotatable bonds is 8. The van der Waals surface area contributed by atoms with Gasteiger partial charge in [-0.05, 0) is 82.2 Å². The zero-order valence-corrected chi connectivity index (χ0v) is 24.5. The molecule has 2 aromatic heterocycles.